The molecule has 0 saturated carbocycles. The molecule has 0 amide bonds. The van der Waals surface area contributed by atoms with Crippen LogP contribution in [-0.4, -0.2) is 17.2 Å². The molecule has 3 aromatic rings. The highest BCUT2D eigenvalue weighted by molar-refractivity contribution is 7.17. The Morgan fingerprint density at radius 3 is 2.76 bits per heavy atom. The molecular weight excluding hydrogens is 230 g/mol. The summed E-state index contributed by atoms with van der Waals surface area (Å²) in [5.41, 5.74) is 2.06. The lowest BCUT2D eigenvalue weighted by Crippen LogP contribution is -1.95. The molecule has 1 aromatic carbocycles. The average molecular weight is 241 g/mol. The molecule has 0 radical (unpaired) electrons. The molecule has 84 valence electrons. The summed E-state index contributed by atoms with van der Waals surface area (Å²) in [5.74, 6) is 0.784. The van der Waals surface area contributed by atoms with Gasteiger partial charge in [0.2, 0.25) is 0 Å². The van der Waals surface area contributed by atoms with Crippen molar-refractivity contribution in [1.82, 2.24) is 10.2 Å². The average Bonchev–Trinajstić information content (AvgIpc) is 2.87. The lowest BCUT2D eigenvalue weighted by Gasteiger charge is -2.03. The first kappa shape index (κ1) is 10.2. The predicted molar refractivity (Wildman–Crippen MR) is 72.4 cm³/mol. The highest BCUT2D eigenvalue weighted by Crippen LogP contribution is 2.31. The lowest BCUT2D eigenvalue weighted by molar-refractivity contribution is 1.04. The van der Waals surface area contributed by atoms with Gasteiger partial charge in [-0.3, -0.25) is 0 Å². The molecule has 3 nitrogen and oxygen atoms in total. The summed E-state index contributed by atoms with van der Waals surface area (Å²) in [7, 11) is 1.84. The fourth-order valence-corrected chi connectivity index (χ4v) is 2.73. The van der Waals surface area contributed by atoms with Gasteiger partial charge in [-0.25, -0.2) is 0 Å². The molecule has 1 N–H and O–H groups in total. The Morgan fingerprint density at radius 1 is 1.06 bits per heavy atom. The van der Waals surface area contributed by atoms with Crippen LogP contribution in [0.2, 0.25) is 0 Å². The Labute approximate surface area is 103 Å². The smallest absolute Gasteiger partial charge is 0.148 e. The highest BCUT2D eigenvalue weighted by atomic mass is 32.1. The van der Waals surface area contributed by atoms with E-state index in [1.54, 1.807) is 11.3 Å². The van der Waals surface area contributed by atoms with Crippen LogP contribution in [0, 0.1) is 0 Å². The minimum absolute atomic E-state index is 0.784. The zero-order valence-electron chi connectivity index (χ0n) is 9.34. The second-order valence-electron chi connectivity index (χ2n) is 3.70. The Bertz CT molecular complexity index is 643. The SMILES string of the molecule is CNc1ccc(-c2cccc3ccsc23)nn1. The van der Waals surface area contributed by atoms with E-state index in [1.165, 1.54) is 10.1 Å². The van der Waals surface area contributed by atoms with Gasteiger partial charge in [0.15, 0.2) is 0 Å². The number of benzene rings is 1. The van der Waals surface area contributed by atoms with Gasteiger partial charge in [0.25, 0.3) is 0 Å². The van der Waals surface area contributed by atoms with Gasteiger partial charge in [0.05, 0.1) is 5.69 Å². The summed E-state index contributed by atoms with van der Waals surface area (Å²) in [4.78, 5) is 0. The number of fused-ring (bicyclic) bond motifs is 1. The molecule has 0 saturated heterocycles. The molecule has 17 heavy (non-hydrogen) atoms. The first-order valence-electron chi connectivity index (χ1n) is 5.36. The van der Waals surface area contributed by atoms with Crippen molar-refractivity contribution in [1.29, 1.82) is 0 Å². The van der Waals surface area contributed by atoms with E-state index < -0.39 is 0 Å². The standard InChI is InChI=1S/C13H11N3S/c1-14-12-6-5-11(15-16-12)10-4-2-3-9-7-8-17-13(9)10/h2-8H,1H3,(H,14,16). The maximum atomic E-state index is 4.24. The van der Waals surface area contributed by atoms with Crippen LogP contribution >= 0.6 is 11.3 Å². The van der Waals surface area contributed by atoms with Gasteiger partial charge in [-0.1, -0.05) is 18.2 Å². The van der Waals surface area contributed by atoms with Crippen molar-refractivity contribution in [2.45, 2.75) is 0 Å². The predicted octanol–water partition coefficient (Wildman–Crippen LogP) is 3.40. The molecule has 3 rings (SSSR count). The highest BCUT2D eigenvalue weighted by Gasteiger charge is 2.06. The summed E-state index contributed by atoms with van der Waals surface area (Å²) < 4.78 is 1.26. The Morgan fingerprint density at radius 2 is 2.00 bits per heavy atom. The summed E-state index contributed by atoms with van der Waals surface area (Å²) >= 11 is 1.74. The fraction of sp³-hybridized carbons (Fsp3) is 0.0769. The van der Waals surface area contributed by atoms with E-state index in [0.29, 0.717) is 0 Å². The largest absolute Gasteiger partial charge is 0.372 e. The van der Waals surface area contributed by atoms with E-state index in [-0.39, 0.29) is 0 Å². The number of nitrogens with one attached hydrogen (secondary N) is 1. The second-order valence-corrected chi connectivity index (χ2v) is 4.61. The van der Waals surface area contributed by atoms with Crippen LogP contribution in [0.1, 0.15) is 0 Å². The van der Waals surface area contributed by atoms with Gasteiger partial charge < -0.3 is 5.32 Å². The van der Waals surface area contributed by atoms with Crippen LogP contribution in [0.25, 0.3) is 21.3 Å². The Balaban J connectivity index is 2.16. The summed E-state index contributed by atoms with van der Waals surface area (Å²) in [6, 6.07) is 12.3. The van der Waals surface area contributed by atoms with Crippen molar-refractivity contribution in [3.63, 3.8) is 0 Å². The van der Waals surface area contributed by atoms with Crippen molar-refractivity contribution in [2.24, 2.45) is 0 Å². The van der Waals surface area contributed by atoms with Gasteiger partial charge in [0, 0.05) is 17.3 Å². The third-order valence-corrected chi connectivity index (χ3v) is 3.64. The summed E-state index contributed by atoms with van der Waals surface area (Å²) in [6.07, 6.45) is 0. The molecular formula is C13H11N3S. The molecule has 2 aromatic heterocycles. The lowest BCUT2D eigenvalue weighted by atomic mass is 10.1. The zero-order chi connectivity index (χ0) is 11.7. The summed E-state index contributed by atoms with van der Waals surface area (Å²) in [6.45, 7) is 0. The van der Waals surface area contributed by atoms with E-state index in [2.05, 4.69) is 45.2 Å². The first-order chi connectivity index (χ1) is 8.38. The van der Waals surface area contributed by atoms with Crippen molar-refractivity contribution in [2.75, 3.05) is 12.4 Å². The second kappa shape index (κ2) is 4.14. The molecule has 0 unspecified atom stereocenters. The number of aromatic nitrogens is 2. The molecule has 4 heteroatoms. The molecule has 0 bridgehead atoms. The monoisotopic (exact) mass is 241 g/mol. The van der Waals surface area contributed by atoms with Crippen LogP contribution in [0.5, 0.6) is 0 Å². The van der Waals surface area contributed by atoms with Crippen LogP contribution in [0.15, 0.2) is 41.8 Å². The van der Waals surface area contributed by atoms with Crippen LogP contribution < -0.4 is 5.32 Å². The molecule has 0 atom stereocenters. The Hall–Kier alpha value is -1.94. The number of anilines is 1. The number of hydrogen-bond acceptors (Lipinski definition) is 4. The minimum atomic E-state index is 0.784. The third-order valence-electron chi connectivity index (χ3n) is 2.68. The number of nitrogens with zero attached hydrogens (tertiary/aromatic N) is 2. The van der Waals surface area contributed by atoms with Gasteiger partial charge in [0.1, 0.15) is 5.82 Å². The van der Waals surface area contributed by atoms with Gasteiger partial charge in [-0.05, 0) is 29.0 Å². The van der Waals surface area contributed by atoms with E-state index in [4.69, 9.17) is 0 Å². The number of hydrogen-bond donors (Lipinski definition) is 1. The fourth-order valence-electron chi connectivity index (χ4n) is 1.80. The first-order valence-corrected chi connectivity index (χ1v) is 6.24. The maximum Gasteiger partial charge on any atom is 0.148 e. The van der Waals surface area contributed by atoms with Gasteiger partial charge >= 0.3 is 0 Å². The van der Waals surface area contributed by atoms with Crippen molar-refractivity contribution < 1.29 is 0 Å². The normalized spacial score (nSPS) is 10.6. The summed E-state index contributed by atoms with van der Waals surface area (Å²) in [5, 5.41) is 14.7. The maximum absolute atomic E-state index is 4.24. The van der Waals surface area contributed by atoms with E-state index in [1.807, 2.05) is 19.2 Å². The van der Waals surface area contributed by atoms with Gasteiger partial charge in [-0.2, -0.15) is 0 Å². The van der Waals surface area contributed by atoms with Gasteiger partial charge in [-0.15, -0.1) is 21.5 Å². The van der Waals surface area contributed by atoms with Crippen LogP contribution in [0.3, 0.4) is 0 Å². The van der Waals surface area contributed by atoms with E-state index >= 15 is 0 Å². The van der Waals surface area contributed by atoms with Crippen LogP contribution in [0.4, 0.5) is 5.82 Å². The van der Waals surface area contributed by atoms with E-state index in [0.717, 1.165) is 17.1 Å². The molecule has 0 spiro atoms. The molecule has 0 aliphatic carbocycles. The quantitative estimate of drug-likeness (QED) is 0.747. The molecule has 2 heterocycles. The number of rotatable bonds is 2. The Kier molecular flexibility index (Phi) is 2.49. The van der Waals surface area contributed by atoms with Crippen molar-refractivity contribution >= 4 is 27.2 Å². The minimum Gasteiger partial charge on any atom is -0.372 e. The topological polar surface area (TPSA) is 37.8 Å². The zero-order valence-corrected chi connectivity index (χ0v) is 10.2. The molecule has 0 fully saturated rings. The third kappa shape index (κ3) is 1.76. The molecule has 0 aliphatic heterocycles. The van der Waals surface area contributed by atoms with Crippen molar-refractivity contribution in [3.05, 3.63) is 41.8 Å². The number of thiophene rings is 1. The van der Waals surface area contributed by atoms with Crippen LogP contribution in [-0.2, 0) is 0 Å². The van der Waals surface area contributed by atoms with Crippen molar-refractivity contribution in [3.8, 4) is 11.3 Å². The molecule has 0 aliphatic rings. The van der Waals surface area contributed by atoms with E-state index in [9.17, 15) is 0 Å².